The normalized spacial score (nSPS) is 47.8. The minimum Gasteiger partial charge on any atom is -0.497 e. The van der Waals surface area contributed by atoms with Crippen LogP contribution in [0.25, 0.3) is 0 Å². The number of aryl methyl sites for hydroxylation is 1. The Kier molecular flexibility index (Phi) is 3.07. The Morgan fingerprint density at radius 2 is 2.04 bits per heavy atom. The topological polar surface area (TPSA) is 49.7 Å². The lowest BCUT2D eigenvalue weighted by Crippen LogP contribution is -2.56. The van der Waals surface area contributed by atoms with Gasteiger partial charge in [-0.15, -0.1) is 6.58 Å². The van der Waals surface area contributed by atoms with Crippen molar-refractivity contribution in [3.05, 3.63) is 54.1 Å². The lowest BCUT2D eigenvalue weighted by atomic mass is 9.48. The van der Waals surface area contributed by atoms with Gasteiger partial charge < -0.3 is 14.9 Å². The van der Waals surface area contributed by atoms with Crippen LogP contribution >= 0.6 is 0 Å². The molecule has 0 unspecified atom stereocenters. The first-order chi connectivity index (χ1) is 12.3. The van der Waals surface area contributed by atoms with E-state index in [-0.39, 0.29) is 10.8 Å². The van der Waals surface area contributed by atoms with Gasteiger partial charge in [0.2, 0.25) is 0 Å². The molecule has 0 saturated heterocycles. The smallest absolute Gasteiger partial charge is 0.121 e. The third-order valence-corrected chi connectivity index (χ3v) is 8.63. The van der Waals surface area contributed by atoms with Gasteiger partial charge in [-0.3, -0.25) is 0 Å². The summed E-state index contributed by atoms with van der Waals surface area (Å²) in [4.78, 5) is 0. The van der Waals surface area contributed by atoms with Crippen LogP contribution in [0.2, 0.25) is 0 Å². The fraction of sp³-hybridized carbons (Fsp3) is 0.565. The number of fused-ring (bicyclic) bond motifs is 3. The zero-order chi connectivity index (χ0) is 18.4. The fourth-order valence-corrected chi connectivity index (χ4v) is 7.20. The van der Waals surface area contributed by atoms with Gasteiger partial charge in [0, 0.05) is 10.8 Å². The van der Waals surface area contributed by atoms with Gasteiger partial charge in [-0.1, -0.05) is 31.2 Å². The molecule has 2 bridgehead atoms. The highest BCUT2D eigenvalue weighted by atomic mass is 16.5. The second kappa shape index (κ2) is 4.82. The highest BCUT2D eigenvalue weighted by molar-refractivity contribution is 5.48. The Hall–Kier alpha value is -1.58. The molecule has 0 aromatic heterocycles. The van der Waals surface area contributed by atoms with Crippen molar-refractivity contribution in [2.75, 3.05) is 7.11 Å². The number of hydrogen-bond donors (Lipinski definition) is 2. The third kappa shape index (κ3) is 1.55. The van der Waals surface area contributed by atoms with Crippen LogP contribution in [0, 0.1) is 16.7 Å². The molecular formula is C23H28O3. The van der Waals surface area contributed by atoms with Gasteiger partial charge in [0.15, 0.2) is 0 Å². The van der Waals surface area contributed by atoms with Crippen LogP contribution < -0.4 is 4.74 Å². The van der Waals surface area contributed by atoms with Gasteiger partial charge >= 0.3 is 0 Å². The highest BCUT2D eigenvalue weighted by Crippen LogP contribution is 2.77. The van der Waals surface area contributed by atoms with Crippen LogP contribution in [0.3, 0.4) is 0 Å². The predicted molar refractivity (Wildman–Crippen MR) is 101 cm³/mol. The molecule has 5 rings (SSSR count). The van der Waals surface area contributed by atoms with Crippen molar-refractivity contribution in [2.24, 2.45) is 16.7 Å². The molecule has 0 aliphatic heterocycles. The van der Waals surface area contributed by atoms with E-state index in [4.69, 9.17) is 4.74 Å². The van der Waals surface area contributed by atoms with E-state index in [0.29, 0.717) is 18.3 Å². The number of ether oxygens (including phenoxy) is 1. The second-order valence-corrected chi connectivity index (χ2v) is 9.13. The Labute approximate surface area is 155 Å². The number of rotatable bonds is 2. The number of benzene rings is 1. The van der Waals surface area contributed by atoms with E-state index < -0.39 is 11.2 Å². The number of allylic oxidation sites excluding steroid dienone is 1. The molecule has 6 atom stereocenters. The van der Waals surface area contributed by atoms with E-state index in [1.807, 2.05) is 6.08 Å². The predicted octanol–water partition coefficient (Wildman–Crippen LogP) is 3.75. The molecule has 0 spiro atoms. The molecule has 0 amide bonds. The molecule has 2 saturated carbocycles. The first kappa shape index (κ1) is 16.6. The summed E-state index contributed by atoms with van der Waals surface area (Å²) in [6, 6.07) is 6.50. The van der Waals surface area contributed by atoms with Crippen LogP contribution in [0.4, 0.5) is 0 Å². The Balaban J connectivity index is 1.63. The average molecular weight is 352 g/mol. The van der Waals surface area contributed by atoms with E-state index in [1.165, 1.54) is 11.1 Å². The van der Waals surface area contributed by atoms with Crippen LogP contribution in [0.5, 0.6) is 5.75 Å². The Bertz CT molecular complexity index is 829. The van der Waals surface area contributed by atoms with Crippen molar-refractivity contribution in [1.82, 2.24) is 0 Å². The van der Waals surface area contributed by atoms with Crippen molar-refractivity contribution >= 4 is 0 Å². The maximum atomic E-state index is 11.5. The van der Waals surface area contributed by atoms with E-state index in [0.717, 1.165) is 31.4 Å². The molecule has 0 heterocycles. The summed E-state index contributed by atoms with van der Waals surface area (Å²) in [7, 11) is 1.72. The monoisotopic (exact) mass is 352 g/mol. The van der Waals surface area contributed by atoms with E-state index in [1.54, 1.807) is 13.2 Å². The van der Waals surface area contributed by atoms with Crippen molar-refractivity contribution in [1.29, 1.82) is 0 Å². The summed E-state index contributed by atoms with van der Waals surface area (Å²) in [6.45, 7) is 6.05. The standard InChI is InChI=1S/C23H28O3/c1-4-22(24)14-21-11-12-23(22,25)20(21,2)10-9-18-17-7-6-16(26-3)13-15(17)5-8-19(18)21/h4,6-7,11-13,18-19,24-25H,1,5,8-10,14H2,2-3H3/t18-,19-,20+,21+,22+,23+/m1/s1. The van der Waals surface area contributed by atoms with Crippen molar-refractivity contribution in [3.8, 4) is 5.75 Å². The summed E-state index contributed by atoms with van der Waals surface area (Å²) < 4.78 is 5.42. The molecule has 1 aromatic carbocycles. The minimum absolute atomic E-state index is 0.161. The molecular weight excluding hydrogens is 324 g/mol. The lowest BCUT2D eigenvalue weighted by molar-refractivity contribution is -0.135. The Morgan fingerprint density at radius 1 is 1.23 bits per heavy atom. The molecule has 1 aromatic rings. The van der Waals surface area contributed by atoms with Crippen molar-refractivity contribution in [2.45, 2.75) is 56.1 Å². The molecule has 26 heavy (non-hydrogen) atoms. The van der Waals surface area contributed by atoms with Gasteiger partial charge in [-0.2, -0.15) is 0 Å². The molecule has 138 valence electrons. The number of methoxy groups -OCH3 is 1. The van der Waals surface area contributed by atoms with Gasteiger partial charge in [0.05, 0.1) is 7.11 Å². The number of aliphatic hydroxyl groups is 2. The lowest BCUT2D eigenvalue weighted by Gasteiger charge is -2.56. The van der Waals surface area contributed by atoms with Gasteiger partial charge in [-0.05, 0) is 67.2 Å². The average Bonchev–Trinajstić information content (AvgIpc) is 2.98. The molecule has 0 radical (unpaired) electrons. The minimum atomic E-state index is -1.23. The molecule has 3 heteroatoms. The summed E-state index contributed by atoms with van der Waals surface area (Å²) in [5.74, 6) is 1.86. The highest BCUT2D eigenvalue weighted by Gasteiger charge is 2.78. The maximum Gasteiger partial charge on any atom is 0.121 e. The quantitative estimate of drug-likeness (QED) is 0.797. The van der Waals surface area contributed by atoms with Crippen molar-refractivity contribution < 1.29 is 14.9 Å². The zero-order valence-electron chi connectivity index (χ0n) is 15.7. The van der Waals surface area contributed by atoms with Crippen LogP contribution in [0.15, 0.2) is 43.0 Å². The fourth-order valence-electron chi connectivity index (χ4n) is 7.20. The van der Waals surface area contributed by atoms with E-state index in [2.05, 4.69) is 37.8 Å². The molecule has 2 fully saturated rings. The van der Waals surface area contributed by atoms with Crippen LogP contribution in [0.1, 0.15) is 49.7 Å². The van der Waals surface area contributed by atoms with E-state index in [9.17, 15) is 10.2 Å². The molecule has 4 aliphatic carbocycles. The van der Waals surface area contributed by atoms with Gasteiger partial charge in [0.1, 0.15) is 17.0 Å². The summed E-state index contributed by atoms with van der Waals surface area (Å²) >= 11 is 0. The first-order valence-electron chi connectivity index (χ1n) is 9.80. The maximum absolute atomic E-state index is 11.5. The number of hydrogen-bond acceptors (Lipinski definition) is 3. The summed E-state index contributed by atoms with van der Waals surface area (Å²) in [5.41, 5.74) is -0.0752. The van der Waals surface area contributed by atoms with Gasteiger partial charge in [0.25, 0.3) is 0 Å². The third-order valence-electron chi connectivity index (χ3n) is 8.63. The Morgan fingerprint density at radius 3 is 2.77 bits per heavy atom. The molecule has 2 N–H and O–H groups in total. The van der Waals surface area contributed by atoms with Gasteiger partial charge in [-0.25, -0.2) is 0 Å². The van der Waals surface area contributed by atoms with Crippen LogP contribution in [-0.2, 0) is 6.42 Å². The van der Waals surface area contributed by atoms with Crippen molar-refractivity contribution in [3.63, 3.8) is 0 Å². The summed E-state index contributed by atoms with van der Waals surface area (Å²) in [6.07, 6.45) is 10.4. The van der Waals surface area contributed by atoms with E-state index >= 15 is 0 Å². The molecule has 3 nitrogen and oxygen atoms in total. The zero-order valence-corrected chi connectivity index (χ0v) is 15.7. The second-order valence-electron chi connectivity index (χ2n) is 9.13. The first-order valence-corrected chi connectivity index (χ1v) is 9.80. The molecule has 4 aliphatic rings. The summed E-state index contributed by atoms with van der Waals surface area (Å²) in [5, 5.41) is 22.8. The van der Waals surface area contributed by atoms with Crippen LogP contribution in [-0.4, -0.2) is 28.5 Å². The SMILES string of the molecule is C=C[C@]1(O)C[C@]23C=C[C@]1(O)[C@@]2(C)CC[C@@H]1c2ccc(OC)cc2CC[C@H]13. The largest absolute Gasteiger partial charge is 0.497 e.